The smallest absolute Gasteiger partial charge is 0.189 e. The Hall–Kier alpha value is -4.90. The average Bonchev–Trinajstić information content (AvgIpc) is 3.14. The highest BCUT2D eigenvalue weighted by Gasteiger charge is 2.18. The molecule has 2 aliphatic rings. The lowest BCUT2D eigenvalue weighted by molar-refractivity contribution is 0.214. The molecule has 0 saturated carbocycles. The van der Waals surface area contributed by atoms with Gasteiger partial charge in [0.15, 0.2) is 10.2 Å². The van der Waals surface area contributed by atoms with E-state index in [1.54, 1.807) is 49.6 Å². The van der Waals surface area contributed by atoms with Gasteiger partial charge in [0.05, 0.1) is 30.5 Å². The highest BCUT2D eigenvalue weighted by atomic mass is 32.1. The van der Waals surface area contributed by atoms with Crippen LogP contribution in [0.15, 0.2) is 96.2 Å². The number of likely N-dealkylation sites (N-methyl/N-ethyl adjacent to an activating group) is 2. The SMILES string of the molecule is CN1CCN(C(=S)N/N=C(/c2cccnc2)c2ccnnc2)CC1.CN1CCN(C(=S)N/N=C(/c2ccncc2)c2ccnnc2)CC1. The van der Waals surface area contributed by atoms with Crippen LogP contribution in [0.1, 0.15) is 22.3 Å². The summed E-state index contributed by atoms with van der Waals surface area (Å²) in [4.78, 5) is 17.0. The molecule has 14 nitrogen and oxygen atoms in total. The number of thiocarbonyl (C=S) groups is 2. The number of nitrogens with one attached hydrogen (secondary N) is 2. The molecule has 6 heterocycles. The Balaban J connectivity index is 0.000000188. The Morgan fingerprint density at radius 2 is 1.00 bits per heavy atom. The molecular formula is C32H38N14S2. The molecule has 0 aromatic carbocycles. The Labute approximate surface area is 291 Å². The number of aromatic nitrogens is 6. The van der Waals surface area contributed by atoms with Crippen molar-refractivity contribution in [2.24, 2.45) is 10.2 Å². The van der Waals surface area contributed by atoms with Crippen LogP contribution in [0, 0.1) is 0 Å². The van der Waals surface area contributed by atoms with E-state index in [0.29, 0.717) is 10.2 Å². The van der Waals surface area contributed by atoms with Crippen molar-refractivity contribution in [2.75, 3.05) is 66.5 Å². The Bertz CT molecular complexity index is 1440. The van der Waals surface area contributed by atoms with Gasteiger partial charge in [-0.05, 0) is 74.9 Å². The zero-order chi connectivity index (χ0) is 33.6. The number of pyridine rings is 2. The van der Waals surface area contributed by atoms with Crippen LogP contribution in [-0.2, 0) is 0 Å². The number of piperazine rings is 2. The van der Waals surface area contributed by atoms with Crippen molar-refractivity contribution >= 4 is 46.1 Å². The zero-order valence-electron chi connectivity index (χ0n) is 26.9. The summed E-state index contributed by atoms with van der Waals surface area (Å²) in [5, 5.41) is 25.8. The molecule has 0 amide bonds. The molecule has 4 aromatic rings. The predicted octanol–water partition coefficient (Wildman–Crippen LogP) is 1.49. The van der Waals surface area contributed by atoms with Crippen molar-refractivity contribution in [3.05, 3.63) is 108 Å². The van der Waals surface area contributed by atoms with E-state index in [1.165, 1.54) is 0 Å². The summed E-state index contributed by atoms with van der Waals surface area (Å²) in [6, 6.07) is 11.4. The summed E-state index contributed by atoms with van der Waals surface area (Å²) in [7, 11) is 4.23. The zero-order valence-corrected chi connectivity index (χ0v) is 28.6. The Kier molecular flexibility index (Phi) is 12.8. The third kappa shape index (κ3) is 10.0. The molecule has 0 radical (unpaired) electrons. The van der Waals surface area contributed by atoms with Gasteiger partial charge >= 0.3 is 0 Å². The van der Waals surface area contributed by atoms with Gasteiger partial charge in [-0.15, -0.1) is 0 Å². The molecule has 0 bridgehead atoms. The molecule has 2 fully saturated rings. The fourth-order valence-electron chi connectivity index (χ4n) is 4.83. The minimum Gasteiger partial charge on any atom is -0.345 e. The largest absolute Gasteiger partial charge is 0.345 e. The van der Waals surface area contributed by atoms with Crippen molar-refractivity contribution in [2.45, 2.75) is 0 Å². The summed E-state index contributed by atoms with van der Waals surface area (Å²) < 4.78 is 0. The fraction of sp³-hybridized carbons (Fsp3) is 0.312. The van der Waals surface area contributed by atoms with Crippen LogP contribution in [0.3, 0.4) is 0 Å². The normalized spacial score (nSPS) is 16.0. The first-order valence-corrected chi connectivity index (χ1v) is 16.3. The van der Waals surface area contributed by atoms with Gasteiger partial charge in [-0.25, -0.2) is 0 Å². The number of hydrogen-bond acceptors (Lipinski definition) is 12. The monoisotopic (exact) mass is 682 g/mol. The minimum absolute atomic E-state index is 0.631. The van der Waals surface area contributed by atoms with Crippen molar-refractivity contribution in [3.8, 4) is 0 Å². The first kappa shape index (κ1) is 34.4. The number of hydrazone groups is 2. The first-order chi connectivity index (χ1) is 23.5. The van der Waals surface area contributed by atoms with Crippen LogP contribution in [0.2, 0.25) is 0 Å². The molecule has 0 spiro atoms. The lowest BCUT2D eigenvalue weighted by atomic mass is 10.1. The van der Waals surface area contributed by atoms with E-state index >= 15 is 0 Å². The highest BCUT2D eigenvalue weighted by Crippen LogP contribution is 2.10. The van der Waals surface area contributed by atoms with Gasteiger partial charge in [0.1, 0.15) is 5.71 Å². The van der Waals surface area contributed by atoms with E-state index in [9.17, 15) is 0 Å². The maximum Gasteiger partial charge on any atom is 0.189 e. The van der Waals surface area contributed by atoms with Gasteiger partial charge in [0, 0.05) is 99.4 Å². The summed E-state index contributed by atoms with van der Waals surface area (Å²) in [5.74, 6) is 0. The van der Waals surface area contributed by atoms with Gasteiger partial charge in [-0.3, -0.25) is 20.8 Å². The van der Waals surface area contributed by atoms with Crippen LogP contribution < -0.4 is 10.9 Å². The third-order valence-corrected chi connectivity index (χ3v) is 8.41. The maximum absolute atomic E-state index is 5.48. The summed E-state index contributed by atoms with van der Waals surface area (Å²) in [6.07, 6.45) is 13.6. The van der Waals surface area contributed by atoms with Gasteiger partial charge in [0.2, 0.25) is 0 Å². The third-order valence-electron chi connectivity index (χ3n) is 7.71. The number of rotatable bonds is 6. The molecule has 48 heavy (non-hydrogen) atoms. The van der Waals surface area contributed by atoms with E-state index < -0.39 is 0 Å². The summed E-state index contributed by atoms with van der Waals surface area (Å²) in [5.41, 5.74) is 11.1. The highest BCUT2D eigenvalue weighted by molar-refractivity contribution is 7.80. The fourth-order valence-corrected chi connectivity index (χ4v) is 5.29. The Morgan fingerprint density at radius 3 is 1.44 bits per heavy atom. The van der Waals surface area contributed by atoms with E-state index in [1.807, 2.05) is 36.4 Å². The van der Waals surface area contributed by atoms with Crippen molar-refractivity contribution in [1.82, 2.24) is 60.8 Å². The molecule has 0 atom stereocenters. The van der Waals surface area contributed by atoms with E-state index in [4.69, 9.17) is 24.4 Å². The molecule has 2 aliphatic heterocycles. The van der Waals surface area contributed by atoms with E-state index in [0.717, 1.165) is 86.0 Å². The van der Waals surface area contributed by atoms with Crippen molar-refractivity contribution < 1.29 is 0 Å². The predicted molar refractivity (Wildman–Crippen MR) is 193 cm³/mol. The summed E-state index contributed by atoms with van der Waals surface area (Å²) in [6.45, 7) is 7.59. The lowest BCUT2D eigenvalue weighted by Gasteiger charge is -2.33. The van der Waals surface area contributed by atoms with Gasteiger partial charge in [-0.2, -0.15) is 30.6 Å². The van der Waals surface area contributed by atoms with Gasteiger partial charge in [-0.1, -0.05) is 0 Å². The number of hydrogen-bond donors (Lipinski definition) is 2. The maximum atomic E-state index is 5.48. The van der Waals surface area contributed by atoms with Gasteiger partial charge < -0.3 is 19.6 Å². The Morgan fingerprint density at radius 1 is 0.542 bits per heavy atom. The molecule has 6 rings (SSSR count). The van der Waals surface area contributed by atoms with Crippen LogP contribution in [-0.4, -0.2) is 138 Å². The average molecular weight is 683 g/mol. The molecule has 0 aliphatic carbocycles. The van der Waals surface area contributed by atoms with Crippen molar-refractivity contribution in [1.29, 1.82) is 0 Å². The standard InChI is InChI=1S/2C16H19N7S/c1-22-8-10-23(11-9-22)16(24)21-20-15(13-2-5-17-6-3-13)14-4-7-18-19-12-14;1-22-7-9-23(10-8-22)16(24)21-20-15(13-3-2-5-17-11-13)14-4-6-18-19-12-14/h2-7,12H,8-11H2,1H3,(H,21,24);2-6,11-12H,7-10H2,1H3,(H,21,24)/b2*20-15-. The lowest BCUT2D eigenvalue weighted by Crippen LogP contribution is -2.49. The molecule has 248 valence electrons. The molecule has 4 aromatic heterocycles. The molecular weight excluding hydrogens is 645 g/mol. The van der Waals surface area contributed by atoms with Crippen LogP contribution >= 0.6 is 24.4 Å². The van der Waals surface area contributed by atoms with E-state index in [-0.39, 0.29) is 0 Å². The second kappa shape index (κ2) is 17.9. The molecule has 16 heteroatoms. The van der Waals surface area contributed by atoms with E-state index in [2.05, 4.69) is 85.1 Å². The van der Waals surface area contributed by atoms with Crippen LogP contribution in [0.4, 0.5) is 0 Å². The van der Waals surface area contributed by atoms with Gasteiger partial charge in [0.25, 0.3) is 0 Å². The first-order valence-electron chi connectivity index (χ1n) is 15.4. The quantitative estimate of drug-likeness (QED) is 0.173. The molecule has 2 saturated heterocycles. The molecule has 0 unspecified atom stereocenters. The summed E-state index contributed by atoms with van der Waals surface area (Å²) >= 11 is 11.0. The van der Waals surface area contributed by atoms with Crippen LogP contribution in [0.5, 0.6) is 0 Å². The number of nitrogens with zero attached hydrogens (tertiary/aromatic N) is 12. The second-order valence-corrected chi connectivity index (χ2v) is 11.8. The second-order valence-electron chi connectivity index (χ2n) is 11.1. The minimum atomic E-state index is 0.631. The van der Waals surface area contributed by atoms with Crippen molar-refractivity contribution in [3.63, 3.8) is 0 Å². The topological polar surface area (TPSA) is 139 Å². The molecule has 2 N–H and O–H groups in total. The van der Waals surface area contributed by atoms with Crippen LogP contribution in [0.25, 0.3) is 0 Å².